The lowest BCUT2D eigenvalue weighted by molar-refractivity contribution is 0.0935. The van der Waals surface area contributed by atoms with E-state index in [2.05, 4.69) is 25.4 Å². The highest BCUT2D eigenvalue weighted by Gasteiger charge is 2.19. The molecule has 0 bridgehead atoms. The van der Waals surface area contributed by atoms with Crippen LogP contribution < -0.4 is 14.8 Å². The molecule has 0 aliphatic heterocycles. The molecule has 3 aromatic heterocycles. The maximum absolute atomic E-state index is 12.8. The minimum Gasteiger partial charge on any atom is -0.493 e. The number of carbonyl (C=O) groups is 1. The summed E-state index contributed by atoms with van der Waals surface area (Å²) < 4.78 is 17.6. The van der Waals surface area contributed by atoms with Crippen molar-refractivity contribution in [2.45, 2.75) is 26.3 Å². The van der Waals surface area contributed by atoms with Gasteiger partial charge in [0, 0.05) is 18.8 Å². The highest BCUT2D eigenvalue weighted by atomic mass is 16.5. The maximum atomic E-state index is 12.8. The SMILES string of the molecule is CCc1noc(-c2cccnc2-n2cnc(C(=O)N[C@@H](C)c3ccc(OC)c(OC)c3)c2)n1. The van der Waals surface area contributed by atoms with Gasteiger partial charge >= 0.3 is 0 Å². The highest BCUT2D eigenvalue weighted by molar-refractivity contribution is 5.92. The van der Waals surface area contributed by atoms with Gasteiger partial charge in [0.2, 0.25) is 0 Å². The first-order valence-electron chi connectivity index (χ1n) is 10.4. The normalized spacial score (nSPS) is 11.8. The Morgan fingerprint density at radius 3 is 2.73 bits per heavy atom. The summed E-state index contributed by atoms with van der Waals surface area (Å²) >= 11 is 0. The number of hydrogen-bond acceptors (Lipinski definition) is 8. The van der Waals surface area contributed by atoms with Gasteiger partial charge in [-0.3, -0.25) is 9.36 Å². The molecule has 1 N–H and O–H groups in total. The topological polar surface area (TPSA) is 117 Å². The van der Waals surface area contributed by atoms with Crippen molar-refractivity contribution in [3.05, 3.63) is 66.1 Å². The standard InChI is InChI=1S/C23H24N6O4/c1-5-20-27-23(33-28-20)16-7-6-10-24-21(16)29-12-17(25-13-29)22(30)26-14(2)15-8-9-18(31-3)19(11-15)32-4/h6-14H,5H2,1-4H3,(H,26,30)/t14-/m0/s1. The van der Waals surface area contributed by atoms with Crippen LogP contribution in [-0.2, 0) is 6.42 Å². The molecule has 0 saturated carbocycles. The Bertz CT molecular complexity index is 1270. The summed E-state index contributed by atoms with van der Waals surface area (Å²) in [5.74, 6) is 2.39. The predicted molar refractivity (Wildman–Crippen MR) is 119 cm³/mol. The van der Waals surface area contributed by atoms with E-state index in [-0.39, 0.29) is 17.6 Å². The number of amides is 1. The van der Waals surface area contributed by atoms with Crippen LogP contribution in [0.5, 0.6) is 11.5 Å². The van der Waals surface area contributed by atoms with Crippen LogP contribution in [0.4, 0.5) is 0 Å². The second-order valence-corrected chi connectivity index (χ2v) is 7.22. The zero-order valence-corrected chi connectivity index (χ0v) is 18.8. The van der Waals surface area contributed by atoms with Gasteiger partial charge in [0.05, 0.1) is 25.8 Å². The number of ether oxygens (including phenoxy) is 2. The molecule has 0 spiro atoms. The van der Waals surface area contributed by atoms with Crippen molar-refractivity contribution in [3.63, 3.8) is 0 Å². The molecule has 1 amide bonds. The van der Waals surface area contributed by atoms with E-state index in [0.29, 0.717) is 41.0 Å². The van der Waals surface area contributed by atoms with Crippen LogP contribution in [0.25, 0.3) is 17.3 Å². The molecule has 0 aliphatic carbocycles. The van der Waals surface area contributed by atoms with Gasteiger partial charge < -0.3 is 19.3 Å². The van der Waals surface area contributed by atoms with Crippen molar-refractivity contribution < 1.29 is 18.8 Å². The molecule has 10 heteroatoms. The fourth-order valence-corrected chi connectivity index (χ4v) is 3.31. The van der Waals surface area contributed by atoms with Crippen molar-refractivity contribution in [2.75, 3.05) is 14.2 Å². The van der Waals surface area contributed by atoms with E-state index in [4.69, 9.17) is 14.0 Å². The summed E-state index contributed by atoms with van der Waals surface area (Å²) in [7, 11) is 3.15. The van der Waals surface area contributed by atoms with Crippen molar-refractivity contribution in [1.29, 1.82) is 0 Å². The smallest absolute Gasteiger partial charge is 0.271 e. The molecule has 10 nitrogen and oxygen atoms in total. The molecule has 0 saturated heterocycles. The molecule has 0 aliphatic rings. The quantitative estimate of drug-likeness (QED) is 0.436. The van der Waals surface area contributed by atoms with Crippen molar-refractivity contribution in [1.82, 2.24) is 30.0 Å². The number of methoxy groups -OCH3 is 2. The third-order valence-corrected chi connectivity index (χ3v) is 5.12. The van der Waals surface area contributed by atoms with Gasteiger partial charge in [0.25, 0.3) is 11.8 Å². The summed E-state index contributed by atoms with van der Waals surface area (Å²) in [5.41, 5.74) is 1.77. The molecular formula is C23H24N6O4. The van der Waals surface area contributed by atoms with E-state index in [1.165, 1.54) is 6.33 Å². The van der Waals surface area contributed by atoms with Crippen LogP contribution in [0.15, 0.2) is 53.6 Å². The third kappa shape index (κ3) is 4.54. The van der Waals surface area contributed by atoms with Gasteiger partial charge in [-0.25, -0.2) is 9.97 Å². The van der Waals surface area contributed by atoms with E-state index < -0.39 is 0 Å². The maximum Gasteiger partial charge on any atom is 0.271 e. The Balaban J connectivity index is 1.54. The van der Waals surface area contributed by atoms with E-state index in [9.17, 15) is 4.79 Å². The number of aryl methyl sites for hydroxylation is 1. The van der Waals surface area contributed by atoms with Crippen molar-refractivity contribution in [2.24, 2.45) is 0 Å². The van der Waals surface area contributed by atoms with Crippen LogP contribution in [-0.4, -0.2) is 44.8 Å². The van der Waals surface area contributed by atoms with Gasteiger partial charge in [0.15, 0.2) is 23.1 Å². The molecule has 0 radical (unpaired) electrons. The average Bonchev–Trinajstić information content (AvgIpc) is 3.53. The third-order valence-electron chi connectivity index (χ3n) is 5.12. The Labute approximate surface area is 190 Å². The number of benzene rings is 1. The number of rotatable bonds is 8. The fraction of sp³-hybridized carbons (Fsp3) is 0.261. The van der Waals surface area contributed by atoms with Crippen LogP contribution in [0.2, 0.25) is 0 Å². The number of nitrogens with one attached hydrogen (secondary N) is 1. The van der Waals surface area contributed by atoms with Gasteiger partial charge in [-0.05, 0) is 36.8 Å². The first kappa shape index (κ1) is 22.0. The van der Waals surface area contributed by atoms with E-state index >= 15 is 0 Å². The van der Waals surface area contributed by atoms with Crippen LogP contribution in [0.3, 0.4) is 0 Å². The largest absolute Gasteiger partial charge is 0.493 e. The lowest BCUT2D eigenvalue weighted by Gasteiger charge is -2.16. The monoisotopic (exact) mass is 448 g/mol. The Hall–Kier alpha value is -4.21. The summed E-state index contributed by atoms with van der Waals surface area (Å²) in [6, 6.07) is 8.84. The van der Waals surface area contributed by atoms with Crippen molar-refractivity contribution >= 4 is 5.91 Å². The number of carbonyl (C=O) groups excluding carboxylic acids is 1. The zero-order valence-electron chi connectivity index (χ0n) is 18.8. The van der Waals surface area contributed by atoms with Crippen LogP contribution in [0, 0.1) is 0 Å². The summed E-state index contributed by atoms with van der Waals surface area (Å²) in [6.07, 6.45) is 5.44. The number of hydrogen-bond donors (Lipinski definition) is 1. The van der Waals surface area contributed by atoms with E-state index in [0.717, 1.165) is 5.56 Å². The molecule has 1 aromatic carbocycles. The minimum atomic E-state index is -0.320. The highest BCUT2D eigenvalue weighted by Crippen LogP contribution is 2.30. The zero-order chi connectivity index (χ0) is 23.4. The molecule has 33 heavy (non-hydrogen) atoms. The first-order valence-corrected chi connectivity index (χ1v) is 10.4. The Kier molecular flexibility index (Phi) is 6.34. The van der Waals surface area contributed by atoms with Crippen LogP contribution >= 0.6 is 0 Å². The lowest BCUT2D eigenvalue weighted by atomic mass is 10.1. The molecule has 170 valence electrons. The number of imidazole rings is 1. The molecule has 1 atom stereocenters. The lowest BCUT2D eigenvalue weighted by Crippen LogP contribution is -2.27. The number of nitrogens with zero attached hydrogens (tertiary/aromatic N) is 5. The van der Waals surface area contributed by atoms with Gasteiger partial charge in [0.1, 0.15) is 12.0 Å². The molecule has 4 aromatic rings. The molecule has 0 fully saturated rings. The average molecular weight is 448 g/mol. The van der Waals surface area contributed by atoms with Gasteiger partial charge in [-0.2, -0.15) is 4.98 Å². The number of aromatic nitrogens is 5. The summed E-state index contributed by atoms with van der Waals surface area (Å²) in [6.45, 7) is 3.83. The summed E-state index contributed by atoms with van der Waals surface area (Å²) in [5, 5.41) is 6.90. The molecule has 4 rings (SSSR count). The molecule has 0 unspecified atom stereocenters. The minimum absolute atomic E-state index is 0.249. The van der Waals surface area contributed by atoms with Gasteiger partial charge in [-0.1, -0.05) is 18.1 Å². The Morgan fingerprint density at radius 1 is 1.18 bits per heavy atom. The summed E-state index contributed by atoms with van der Waals surface area (Å²) in [4.78, 5) is 25.9. The predicted octanol–water partition coefficient (Wildman–Crippen LogP) is 3.39. The molecular weight excluding hydrogens is 424 g/mol. The second-order valence-electron chi connectivity index (χ2n) is 7.22. The van der Waals surface area contributed by atoms with E-state index in [1.54, 1.807) is 43.3 Å². The first-order chi connectivity index (χ1) is 16.0. The molecule has 3 heterocycles. The van der Waals surface area contributed by atoms with Crippen LogP contribution in [0.1, 0.15) is 41.8 Å². The van der Waals surface area contributed by atoms with Gasteiger partial charge in [-0.15, -0.1) is 0 Å². The van der Waals surface area contributed by atoms with Crippen molar-refractivity contribution in [3.8, 4) is 28.8 Å². The fourth-order valence-electron chi connectivity index (χ4n) is 3.31. The Morgan fingerprint density at radius 2 is 2.00 bits per heavy atom. The number of pyridine rings is 1. The second kappa shape index (κ2) is 9.51. The van der Waals surface area contributed by atoms with E-state index in [1.807, 2.05) is 32.0 Å².